The molecule has 0 bridgehead atoms. The van der Waals surface area contributed by atoms with Crippen molar-refractivity contribution in [2.24, 2.45) is 0 Å². The highest BCUT2D eigenvalue weighted by Gasteiger charge is 2.44. The van der Waals surface area contributed by atoms with Crippen molar-refractivity contribution in [1.29, 1.82) is 0 Å². The summed E-state index contributed by atoms with van der Waals surface area (Å²) in [7, 11) is 4.23. The van der Waals surface area contributed by atoms with Gasteiger partial charge in [-0.05, 0) is 17.7 Å². The number of carbonyl (C=O) groups excluding carboxylic acids is 1. The number of esters is 1. The number of aromatic hydroxyl groups is 2. The Morgan fingerprint density at radius 1 is 0.921 bits per heavy atom. The van der Waals surface area contributed by atoms with Gasteiger partial charge in [0.25, 0.3) is 6.29 Å². The van der Waals surface area contributed by atoms with Crippen LogP contribution in [0.1, 0.15) is 35.1 Å². The first-order chi connectivity index (χ1) is 18.2. The third kappa shape index (κ3) is 4.30. The van der Waals surface area contributed by atoms with Gasteiger partial charge >= 0.3 is 5.97 Å². The van der Waals surface area contributed by atoms with Gasteiger partial charge in [-0.15, -0.1) is 0 Å². The molecule has 38 heavy (non-hydrogen) atoms. The van der Waals surface area contributed by atoms with Gasteiger partial charge in [-0.2, -0.15) is 0 Å². The number of nitrogen functional groups attached to an aromatic ring is 1. The Kier molecular flexibility index (Phi) is 6.45. The molecule has 11 heteroatoms. The first-order valence-electron chi connectivity index (χ1n) is 11.7. The van der Waals surface area contributed by atoms with Gasteiger partial charge in [-0.3, -0.25) is 4.79 Å². The van der Waals surface area contributed by atoms with Gasteiger partial charge in [-0.1, -0.05) is 6.07 Å². The van der Waals surface area contributed by atoms with E-state index in [-0.39, 0.29) is 34.9 Å². The highest BCUT2D eigenvalue weighted by atomic mass is 16.7. The molecule has 0 amide bonds. The van der Waals surface area contributed by atoms with E-state index in [1.807, 2.05) is 0 Å². The summed E-state index contributed by atoms with van der Waals surface area (Å²) < 4.78 is 33.1. The molecular formula is C27H27NO10. The lowest BCUT2D eigenvalue weighted by Gasteiger charge is -2.38. The van der Waals surface area contributed by atoms with Crippen molar-refractivity contribution in [3.63, 3.8) is 0 Å². The maximum atomic E-state index is 11.7. The van der Waals surface area contributed by atoms with E-state index in [1.165, 1.54) is 27.4 Å². The zero-order chi connectivity index (χ0) is 27.1. The second-order valence-corrected chi connectivity index (χ2v) is 8.87. The normalized spacial score (nSPS) is 21.3. The summed E-state index contributed by atoms with van der Waals surface area (Å²) in [6.45, 7) is 0. The number of hydrogen-bond donors (Lipinski definition) is 4. The fourth-order valence-electron chi connectivity index (χ4n) is 4.88. The molecule has 0 spiro atoms. The number of phenolic OH excluding ortho intramolecular Hbond substituents is 2. The van der Waals surface area contributed by atoms with Crippen LogP contribution in [-0.4, -0.2) is 55.0 Å². The minimum atomic E-state index is -1.27. The van der Waals surface area contributed by atoms with Crippen LogP contribution in [0.25, 0.3) is 0 Å². The summed E-state index contributed by atoms with van der Waals surface area (Å²) in [6, 6.07) is 10.7. The van der Waals surface area contributed by atoms with Crippen LogP contribution in [0, 0.1) is 0 Å². The molecule has 200 valence electrons. The lowest BCUT2D eigenvalue weighted by Crippen LogP contribution is -2.35. The van der Waals surface area contributed by atoms with Crippen molar-refractivity contribution in [3.05, 3.63) is 59.2 Å². The Balaban J connectivity index is 1.59. The first kappa shape index (κ1) is 25.2. The van der Waals surface area contributed by atoms with Crippen molar-refractivity contribution < 1.29 is 48.5 Å². The molecule has 2 aliphatic rings. The summed E-state index contributed by atoms with van der Waals surface area (Å²) in [6.07, 6.45) is -3.20. The van der Waals surface area contributed by atoms with Crippen LogP contribution in [0.15, 0.2) is 42.5 Å². The Morgan fingerprint density at radius 3 is 2.39 bits per heavy atom. The van der Waals surface area contributed by atoms with E-state index in [1.54, 1.807) is 30.3 Å². The van der Waals surface area contributed by atoms with Gasteiger partial charge in [0.1, 0.15) is 41.3 Å². The second-order valence-electron chi connectivity index (χ2n) is 8.87. The van der Waals surface area contributed by atoms with Crippen LogP contribution in [-0.2, 0) is 9.53 Å². The highest BCUT2D eigenvalue weighted by Crippen LogP contribution is 2.54. The van der Waals surface area contributed by atoms with Crippen LogP contribution in [0.2, 0.25) is 0 Å². The van der Waals surface area contributed by atoms with Gasteiger partial charge in [0.05, 0.1) is 27.2 Å². The lowest BCUT2D eigenvalue weighted by atomic mass is 9.78. The van der Waals surface area contributed by atoms with Crippen molar-refractivity contribution in [3.8, 4) is 40.2 Å². The average Bonchev–Trinajstić information content (AvgIpc) is 3.29. The van der Waals surface area contributed by atoms with Crippen LogP contribution in [0.3, 0.4) is 0 Å². The number of ether oxygens (including phenoxy) is 6. The molecule has 2 heterocycles. The highest BCUT2D eigenvalue weighted by molar-refractivity contribution is 5.70. The first-order valence-corrected chi connectivity index (χ1v) is 11.7. The van der Waals surface area contributed by atoms with Crippen LogP contribution in [0.4, 0.5) is 5.69 Å². The Morgan fingerprint density at radius 2 is 1.68 bits per heavy atom. The summed E-state index contributed by atoms with van der Waals surface area (Å²) in [5.41, 5.74) is 7.84. The van der Waals surface area contributed by atoms with E-state index in [2.05, 4.69) is 4.74 Å². The molecule has 0 fully saturated rings. The number of benzene rings is 3. The molecule has 5 N–H and O–H groups in total. The number of aliphatic hydroxyl groups is 1. The quantitative estimate of drug-likeness (QED) is 0.277. The number of rotatable bonds is 6. The largest absolute Gasteiger partial charge is 0.508 e. The topological polar surface area (TPSA) is 159 Å². The van der Waals surface area contributed by atoms with Gasteiger partial charge in [-0.25, -0.2) is 0 Å². The van der Waals surface area contributed by atoms with Crippen molar-refractivity contribution in [2.45, 2.75) is 30.8 Å². The molecule has 5 rings (SSSR count). The van der Waals surface area contributed by atoms with E-state index in [4.69, 9.17) is 29.4 Å². The number of anilines is 1. The summed E-state index contributed by atoms with van der Waals surface area (Å²) in [5, 5.41) is 32.7. The third-order valence-electron chi connectivity index (χ3n) is 6.61. The van der Waals surface area contributed by atoms with Gasteiger partial charge in [0.15, 0.2) is 17.6 Å². The molecule has 2 aliphatic heterocycles. The monoisotopic (exact) mass is 525 g/mol. The zero-order valence-electron chi connectivity index (χ0n) is 20.8. The number of hydrogen-bond acceptors (Lipinski definition) is 11. The predicted octanol–water partition coefficient (Wildman–Crippen LogP) is 2.98. The number of aliphatic hydroxyl groups excluding tert-OH is 1. The smallest absolute Gasteiger partial charge is 0.313 e. The maximum Gasteiger partial charge on any atom is 0.313 e. The lowest BCUT2D eigenvalue weighted by molar-refractivity contribution is -0.145. The third-order valence-corrected chi connectivity index (χ3v) is 6.61. The number of methoxy groups -OCH3 is 3. The van der Waals surface area contributed by atoms with Crippen molar-refractivity contribution in [2.75, 3.05) is 27.1 Å². The molecule has 3 aromatic rings. The molecule has 4 atom stereocenters. The molecule has 0 aromatic heterocycles. The molecule has 11 nitrogen and oxygen atoms in total. The fraction of sp³-hybridized carbons (Fsp3) is 0.296. The number of phenols is 2. The molecule has 0 saturated carbocycles. The maximum absolute atomic E-state index is 11.7. The van der Waals surface area contributed by atoms with Crippen LogP contribution >= 0.6 is 0 Å². The Labute approximate surface area is 217 Å². The molecule has 3 aromatic carbocycles. The van der Waals surface area contributed by atoms with E-state index in [0.29, 0.717) is 34.1 Å². The van der Waals surface area contributed by atoms with Gasteiger partial charge in [0.2, 0.25) is 0 Å². The van der Waals surface area contributed by atoms with Crippen molar-refractivity contribution in [1.82, 2.24) is 0 Å². The summed E-state index contributed by atoms with van der Waals surface area (Å²) in [4.78, 5) is 11.6. The number of nitrogens with two attached hydrogens (primary N) is 1. The molecule has 0 aliphatic carbocycles. The van der Waals surface area contributed by atoms with E-state index < -0.39 is 30.4 Å². The Hall–Kier alpha value is -4.51. The molecule has 0 radical (unpaired) electrons. The summed E-state index contributed by atoms with van der Waals surface area (Å²) in [5.74, 6) is -0.188. The standard InChI is InChI=1S/C27H27NO10/c1-33-14-9-15(28)23(19(10-14)34-2)25-24-16(30)7-13(29)8-20(24)38-27(26(25)32)12-4-5-17-18(6-12)37-22(36-17)11-21(31)35-3/h4-10,22,25-27,29-30,32H,11,28H2,1-3H3/t22?,25-,26+,27+/m0/s1. The van der Waals surface area contributed by atoms with E-state index in [0.717, 1.165) is 6.07 Å². The predicted molar refractivity (Wildman–Crippen MR) is 133 cm³/mol. The summed E-state index contributed by atoms with van der Waals surface area (Å²) >= 11 is 0. The Bertz CT molecular complexity index is 1390. The average molecular weight is 526 g/mol. The number of carbonyl (C=O) groups is 1. The second kappa shape index (κ2) is 9.75. The van der Waals surface area contributed by atoms with E-state index in [9.17, 15) is 20.1 Å². The molecular weight excluding hydrogens is 498 g/mol. The molecule has 0 saturated heterocycles. The number of fused-ring (bicyclic) bond motifs is 2. The van der Waals surface area contributed by atoms with Crippen LogP contribution < -0.4 is 29.4 Å². The minimum absolute atomic E-state index is 0.104. The van der Waals surface area contributed by atoms with E-state index >= 15 is 0 Å². The van der Waals surface area contributed by atoms with Gasteiger partial charge in [0, 0.05) is 41.1 Å². The minimum Gasteiger partial charge on any atom is -0.508 e. The van der Waals surface area contributed by atoms with Gasteiger partial charge < -0.3 is 49.5 Å². The van der Waals surface area contributed by atoms with Crippen molar-refractivity contribution >= 4 is 11.7 Å². The fourth-order valence-corrected chi connectivity index (χ4v) is 4.88. The molecule has 1 unspecified atom stereocenters. The van der Waals surface area contributed by atoms with Crippen LogP contribution in [0.5, 0.6) is 40.2 Å². The zero-order valence-corrected chi connectivity index (χ0v) is 20.8. The SMILES string of the molecule is COC(=O)CC1Oc2ccc([C@H]3Oc4cc(O)cc(O)c4[C@H](c4c(N)cc(OC)cc4OC)[C@H]3O)cc2O1.